The van der Waals surface area contributed by atoms with Gasteiger partial charge in [0.25, 0.3) is 0 Å². The Morgan fingerprint density at radius 2 is 1.66 bits per heavy atom. The first-order chi connectivity index (χ1) is 29.4. The molecule has 2 N–H and O–H groups in total. The molecule has 4 heterocycles. The van der Waals surface area contributed by atoms with E-state index in [0.717, 1.165) is 37.5 Å². The highest BCUT2D eigenvalue weighted by atomic mass is 35.5. The largest absolute Gasteiger partial charge is 0.504 e. The van der Waals surface area contributed by atoms with Gasteiger partial charge in [0.1, 0.15) is 11.5 Å². The first-order valence-corrected chi connectivity index (χ1v) is 21.7. The van der Waals surface area contributed by atoms with Crippen LogP contribution in [0.3, 0.4) is 0 Å². The molecule has 3 fully saturated rings. The third kappa shape index (κ3) is 5.94. The van der Waals surface area contributed by atoms with Gasteiger partial charge in [-0.05, 0) is 123 Å². The van der Waals surface area contributed by atoms with Crippen LogP contribution in [0.1, 0.15) is 43.7 Å². The van der Waals surface area contributed by atoms with Gasteiger partial charge in [0.05, 0.1) is 40.3 Å². The van der Waals surface area contributed by atoms with Crippen molar-refractivity contribution in [1.82, 2.24) is 9.78 Å². The van der Waals surface area contributed by atoms with E-state index in [1.165, 1.54) is 9.80 Å². The minimum absolute atomic E-state index is 0.0498. The fourth-order valence-electron chi connectivity index (χ4n) is 10.4. The van der Waals surface area contributed by atoms with Crippen molar-refractivity contribution in [2.24, 2.45) is 36.1 Å². The maximum atomic E-state index is 15.3. The molecule has 10 rings (SSSR count). The van der Waals surface area contributed by atoms with Crippen LogP contribution in [0, 0.1) is 36.0 Å². The lowest BCUT2D eigenvalue weighted by molar-refractivity contribution is -0.131. The Labute approximate surface area is 361 Å². The number of thiophene rings is 1. The summed E-state index contributed by atoms with van der Waals surface area (Å²) in [4.78, 5) is 62.8. The second-order valence-electron chi connectivity index (χ2n) is 16.6. The first-order valence-electron chi connectivity index (χ1n) is 20.5. The number of phenolic OH excluding ortho intramolecular Hbond substituents is 1. The van der Waals surface area contributed by atoms with Crippen LogP contribution in [-0.2, 0) is 26.2 Å². The lowest BCUT2D eigenvalue weighted by Crippen LogP contribution is -2.49. The van der Waals surface area contributed by atoms with E-state index in [1.807, 2.05) is 87.5 Å². The van der Waals surface area contributed by atoms with Crippen LogP contribution in [0.4, 0.5) is 22.9 Å². The van der Waals surface area contributed by atoms with E-state index in [4.69, 9.17) is 21.4 Å². The standard InChI is InChI=1S/C48H42ClN5O6S/c1-5-60-38-21-26(11-19-37(38)55)42-31-17-18-32-41(46(58)53(44(32)56)30-15-13-29(14-16-30)50-28-9-7-6-8-10-28)34(31)23-35-45(57)54(47(59)48(35,42)3)40-24-36(51-52(40)4)43-25(2)33-22-27(49)12-20-39(33)61-43/h6-17,19-22,24,32,34-35,41-42,50,55H,5,18,23H2,1-4H3/t32-,34+,35-,41-,42-,48+/m0/s1. The van der Waals surface area contributed by atoms with Crippen molar-refractivity contribution < 1.29 is 29.0 Å². The number of para-hydroxylation sites is 1. The summed E-state index contributed by atoms with van der Waals surface area (Å²) in [5, 5.41) is 20.6. The fraction of sp³-hybridized carbons (Fsp3) is 0.271. The van der Waals surface area contributed by atoms with Gasteiger partial charge in [-0.1, -0.05) is 47.5 Å². The van der Waals surface area contributed by atoms with Crippen LogP contribution in [0.25, 0.3) is 20.7 Å². The number of imide groups is 2. The average Bonchev–Trinajstić information content (AvgIpc) is 3.92. The van der Waals surface area contributed by atoms with E-state index in [-0.39, 0.29) is 41.5 Å². The van der Waals surface area contributed by atoms with E-state index in [9.17, 15) is 14.7 Å². The molecule has 4 aliphatic rings. The number of amides is 4. The van der Waals surface area contributed by atoms with E-state index in [1.54, 1.807) is 59.5 Å². The highest BCUT2D eigenvalue weighted by molar-refractivity contribution is 7.22. The number of ether oxygens (including phenoxy) is 1. The Balaban J connectivity index is 1.04. The van der Waals surface area contributed by atoms with Crippen molar-refractivity contribution in [3.63, 3.8) is 0 Å². The number of allylic oxidation sites excluding steroid dienone is 2. The van der Waals surface area contributed by atoms with Gasteiger partial charge in [-0.3, -0.25) is 28.8 Å². The lowest BCUT2D eigenvalue weighted by atomic mass is 9.51. The third-order valence-corrected chi connectivity index (χ3v) is 14.8. The zero-order valence-electron chi connectivity index (χ0n) is 33.9. The number of anilines is 4. The lowest BCUT2D eigenvalue weighted by Gasteiger charge is -2.49. The van der Waals surface area contributed by atoms with Crippen molar-refractivity contribution in [1.29, 1.82) is 0 Å². The zero-order chi connectivity index (χ0) is 42.5. The Kier molecular flexibility index (Phi) is 9.22. The van der Waals surface area contributed by atoms with Gasteiger partial charge in [-0.15, -0.1) is 11.3 Å². The van der Waals surface area contributed by atoms with E-state index in [2.05, 4.69) is 5.32 Å². The maximum Gasteiger partial charge on any atom is 0.242 e. The van der Waals surface area contributed by atoms with Gasteiger partial charge in [-0.25, -0.2) is 4.90 Å². The molecule has 2 aliphatic carbocycles. The molecular formula is C48H42ClN5O6S. The van der Waals surface area contributed by atoms with Crippen LogP contribution < -0.4 is 19.9 Å². The maximum absolute atomic E-state index is 15.3. The molecule has 4 amide bonds. The van der Waals surface area contributed by atoms with E-state index < -0.39 is 35.0 Å². The van der Waals surface area contributed by atoms with Gasteiger partial charge in [0.2, 0.25) is 23.6 Å². The summed E-state index contributed by atoms with van der Waals surface area (Å²) in [5.41, 5.74) is 4.04. The van der Waals surface area contributed by atoms with Crippen molar-refractivity contribution >= 4 is 79.5 Å². The Bertz CT molecular complexity index is 2850. The van der Waals surface area contributed by atoms with Crippen LogP contribution in [0.5, 0.6) is 11.5 Å². The number of aromatic nitrogens is 2. The zero-order valence-corrected chi connectivity index (χ0v) is 35.5. The van der Waals surface area contributed by atoms with Gasteiger partial charge in [0, 0.05) is 40.1 Å². The molecule has 0 unspecified atom stereocenters. The molecule has 308 valence electrons. The number of fused-ring (bicyclic) bond motifs is 5. The summed E-state index contributed by atoms with van der Waals surface area (Å²) < 4.78 is 8.45. The molecule has 0 spiro atoms. The number of benzene rings is 4. The van der Waals surface area contributed by atoms with Crippen LogP contribution in [0.2, 0.25) is 5.02 Å². The Morgan fingerprint density at radius 1 is 0.902 bits per heavy atom. The van der Waals surface area contributed by atoms with E-state index in [0.29, 0.717) is 40.8 Å². The van der Waals surface area contributed by atoms with Crippen LogP contribution in [0.15, 0.2) is 109 Å². The summed E-state index contributed by atoms with van der Waals surface area (Å²) in [5.74, 6) is -4.22. The van der Waals surface area contributed by atoms with Crippen molar-refractivity contribution in [2.75, 3.05) is 21.7 Å². The van der Waals surface area contributed by atoms with Gasteiger partial charge in [0.15, 0.2) is 11.5 Å². The first kappa shape index (κ1) is 38.9. The van der Waals surface area contributed by atoms with Crippen molar-refractivity contribution in [3.8, 4) is 22.1 Å². The minimum atomic E-state index is -1.30. The quantitative estimate of drug-likeness (QED) is 0.114. The number of aryl methyl sites for hydroxylation is 2. The molecule has 13 heteroatoms. The summed E-state index contributed by atoms with van der Waals surface area (Å²) in [6.07, 6.45) is 2.52. The van der Waals surface area contributed by atoms with E-state index >= 15 is 9.59 Å². The smallest absolute Gasteiger partial charge is 0.242 e. The number of aromatic hydroxyl groups is 1. The molecule has 11 nitrogen and oxygen atoms in total. The molecule has 4 aromatic carbocycles. The number of phenols is 1. The fourth-order valence-corrected chi connectivity index (χ4v) is 11.8. The molecule has 0 radical (unpaired) electrons. The average molecular weight is 852 g/mol. The predicted molar refractivity (Wildman–Crippen MR) is 236 cm³/mol. The third-order valence-electron chi connectivity index (χ3n) is 13.3. The minimum Gasteiger partial charge on any atom is -0.504 e. The molecule has 6 atom stereocenters. The summed E-state index contributed by atoms with van der Waals surface area (Å²) in [6.45, 7) is 5.97. The molecule has 0 bridgehead atoms. The van der Waals surface area contributed by atoms with Gasteiger partial charge >= 0.3 is 0 Å². The number of hydrogen-bond donors (Lipinski definition) is 2. The number of nitrogens with one attached hydrogen (secondary N) is 1. The molecule has 2 saturated heterocycles. The number of halogens is 1. The van der Waals surface area contributed by atoms with Gasteiger partial charge in [-0.2, -0.15) is 5.10 Å². The molecule has 2 aromatic heterocycles. The molecule has 1 saturated carbocycles. The number of nitrogens with zero attached hydrogens (tertiary/aromatic N) is 4. The topological polar surface area (TPSA) is 134 Å². The predicted octanol–water partition coefficient (Wildman–Crippen LogP) is 9.55. The highest BCUT2D eigenvalue weighted by Crippen LogP contribution is 2.64. The molecule has 6 aromatic rings. The summed E-state index contributed by atoms with van der Waals surface area (Å²) in [6, 6.07) is 29.5. The van der Waals surface area contributed by atoms with Gasteiger partial charge < -0.3 is 15.2 Å². The Morgan fingerprint density at radius 3 is 2.41 bits per heavy atom. The number of carbonyl (C=O) groups excluding carboxylic acids is 4. The highest BCUT2D eigenvalue weighted by Gasteiger charge is 2.68. The SMILES string of the molecule is CCOc1cc([C@H]2C3=CC[C@@H]4C(=O)N(c5ccc(Nc6ccccc6)cc5)C(=O)[C@@H]4[C@@H]3C[C@H]3C(=O)N(c4cc(-c5sc6ccc(Cl)cc6c5C)nn4C)C(=O)[C@@]23C)ccc1O. The normalized spacial score (nSPS) is 24.5. The number of carbonyl (C=O) groups is 4. The van der Waals surface area contributed by atoms with Crippen molar-refractivity contribution in [3.05, 3.63) is 125 Å². The molecule has 2 aliphatic heterocycles. The second kappa shape index (κ2) is 14.5. The van der Waals surface area contributed by atoms with Crippen LogP contribution in [-0.4, -0.2) is 45.1 Å². The number of hydrogen-bond acceptors (Lipinski definition) is 9. The molecular weight excluding hydrogens is 810 g/mol. The second-order valence-corrected chi connectivity index (χ2v) is 18.1. The Hall–Kier alpha value is -6.24. The summed E-state index contributed by atoms with van der Waals surface area (Å²) in [7, 11) is 1.73. The number of rotatable bonds is 8. The monoisotopic (exact) mass is 851 g/mol. The van der Waals surface area contributed by atoms with Crippen LogP contribution >= 0.6 is 22.9 Å². The summed E-state index contributed by atoms with van der Waals surface area (Å²) >= 11 is 7.92. The molecule has 61 heavy (non-hydrogen) atoms. The van der Waals surface area contributed by atoms with Crippen molar-refractivity contribution in [2.45, 2.75) is 39.5 Å².